The van der Waals surface area contributed by atoms with E-state index < -0.39 is 21.4 Å². The maximum atomic E-state index is 14.8. The van der Waals surface area contributed by atoms with Crippen molar-refractivity contribution in [2.24, 2.45) is 0 Å². The molecule has 0 unspecified atom stereocenters. The normalized spacial score (nSPS) is 17.9. The number of rotatable bonds is 2. The second-order valence-electron chi connectivity index (χ2n) is 8.44. The molecule has 0 fully saturated rings. The van der Waals surface area contributed by atoms with E-state index >= 15 is 0 Å². The zero-order valence-corrected chi connectivity index (χ0v) is 19.8. The van der Waals surface area contributed by atoms with Crippen LogP contribution in [-0.2, 0) is 15.5 Å². The molecular formula is C24H26F2N4O3S. The molecule has 34 heavy (non-hydrogen) atoms. The Hall–Kier alpha value is -3.27. The SMILES string of the molecule is C[C@H]1CCCCOc2cc(F)ccc2-c2cc(ncc2F)Nc2cc(C[S@@](C)(=N)=O)cc(n2)O1. The molecule has 4 bridgehead atoms. The van der Waals surface area contributed by atoms with E-state index in [1.165, 1.54) is 30.5 Å². The van der Waals surface area contributed by atoms with Crippen LogP contribution in [0.15, 0.2) is 42.6 Å². The molecule has 1 aliphatic rings. The third kappa shape index (κ3) is 6.19. The molecule has 2 N–H and O–H groups in total. The van der Waals surface area contributed by atoms with E-state index in [0.717, 1.165) is 19.0 Å². The predicted molar refractivity (Wildman–Crippen MR) is 127 cm³/mol. The van der Waals surface area contributed by atoms with Gasteiger partial charge in [0.25, 0.3) is 0 Å². The van der Waals surface area contributed by atoms with Gasteiger partial charge in [0.05, 0.1) is 24.7 Å². The average molecular weight is 489 g/mol. The number of benzene rings is 1. The van der Waals surface area contributed by atoms with E-state index in [2.05, 4.69) is 15.3 Å². The second kappa shape index (κ2) is 9.92. The van der Waals surface area contributed by atoms with Crippen LogP contribution in [-0.4, -0.2) is 33.1 Å². The van der Waals surface area contributed by atoms with Crippen molar-refractivity contribution in [2.45, 2.75) is 38.0 Å². The number of pyridine rings is 2. The van der Waals surface area contributed by atoms with Gasteiger partial charge in [0.1, 0.15) is 29.0 Å². The predicted octanol–water partition coefficient (Wildman–Crippen LogP) is 5.67. The van der Waals surface area contributed by atoms with Crippen LogP contribution in [0.2, 0.25) is 0 Å². The number of nitrogens with one attached hydrogen (secondary N) is 2. The Morgan fingerprint density at radius 3 is 2.76 bits per heavy atom. The molecule has 3 heterocycles. The molecule has 2 atom stereocenters. The molecule has 1 aromatic carbocycles. The van der Waals surface area contributed by atoms with Crippen molar-refractivity contribution in [3.05, 3.63) is 59.8 Å². The monoisotopic (exact) mass is 488 g/mol. The van der Waals surface area contributed by atoms with Crippen LogP contribution < -0.4 is 14.8 Å². The molecule has 7 nitrogen and oxygen atoms in total. The Morgan fingerprint density at radius 2 is 1.97 bits per heavy atom. The minimum atomic E-state index is -2.80. The Bertz CT molecular complexity index is 1300. The van der Waals surface area contributed by atoms with Crippen LogP contribution in [0.1, 0.15) is 31.7 Å². The summed E-state index contributed by atoms with van der Waals surface area (Å²) in [4.78, 5) is 8.58. The van der Waals surface area contributed by atoms with E-state index in [1.807, 2.05) is 6.92 Å². The Balaban J connectivity index is 1.79. The van der Waals surface area contributed by atoms with Gasteiger partial charge in [-0.1, -0.05) is 0 Å². The van der Waals surface area contributed by atoms with Crippen molar-refractivity contribution in [2.75, 3.05) is 18.2 Å². The van der Waals surface area contributed by atoms with Crippen molar-refractivity contribution in [1.29, 1.82) is 4.78 Å². The minimum absolute atomic E-state index is 0.0350. The topological polar surface area (TPSA) is 97.2 Å². The highest BCUT2D eigenvalue weighted by Crippen LogP contribution is 2.34. The lowest BCUT2D eigenvalue weighted by molar-refractivity contribution is 0.194. The summed E-state index contributed by atoms with van der Waals surface area (Å²) in [6.07, 6.45) is 4.51. The van der Waals surface area contributed by atoms with Gasteiger partial charge in [-0.05, 0) is 56.0 Å². The first-order valence-electron chi connectivity index (χ1n) is 10.9. The van der Waals surface area contributed by atoms with Gasteiger partial charge in [-0.3, -0.25) is 4.78 Å². The van der Waals surface area contributed by atoms with Gasteiger partial charge < -0.3 is 14.8 Å². The number of hydrogen-bond donors (Lipinski definition) is 2. The van der Waals surface area contributed by atoms with Crippen LogP contribution >= 0.6 is 0 Å². The molecule has 0 saturated heterocycles. The van der Waals surface area contributed by atoms with Crippen LogP contribution in [0.5, 0.6) is 11.6 Å². The minimum Gasteiger partial charge on any atom is -0.493 e. The summed E-state index contributed by atoms with van der Waals surface area (Å²) in [6, 6.07) is 8.82. The molecule has 0 amide bonds. The Kier molecular flexibility index (Phi) is 6.97. The molecule has 10 heteroatoms. The van der Waals surface area contributed by atoms with Gasteiger partial charge in [0, 0.05) is 39.2 Å². The van der Waals surface area contributed by atoms with E-state index in [0.29, 0.717) is 41.7 Å². The maximum Gasteiger partial charge on any atom is 0.215 e. The largest absolute Gasteiger partial charge is 0.493 e. The average Bonchev–Trinajstić information content (AvgIpc) is 2.73. The van der Waals surface area contributed by atoms with Crippen molar-refractivity contribution in [1.82, 2.24) is 9.97 Å². The van der Waals surface area contributed by atoms with Gasteiger partial charge in [-0.15, -0.1) is 0 Å². The molecule has 2 aromatic heterocycles. The summed E-state index contributed by atoms with van der Waals surface area (Å²) in [6.45, 7) is 2.27. The highest BCUT2D eigenvalue weighted by atomic mass is 32.2. The highest BCUT2D eigenvalue weighted by molar-refractivity contribution is 7.90. The Morgan fingerprint density at radius 1 is 1.15 bits per heavy atom. The first-order chi connectivity index (χ1) is 16.2. The lowest BCUT2D eigenvalue weighted by atomic mass is 10.0. The number of ether oxygens (including phenoxy) is 2. The van der Waals surface area contributed by atoms with Crippen LogP contribution in [0.3, 0.4) is 0 Å². The number of anilines is 2. The number of halogens is 2. The van der Waals surface area contributed by atoms with Gasteiger partial charge >= 0.3 is 0 Å². The first-order valence-corrected chi connectivity index (χ1v) is 13.0. The summed E-state index contributed by atoms with van der Waals surface area (Å²) in [5.41, 5.74) is 1.24. The number of hydrogen-bond acceptors (Lipinski definition) is 7. The maximum absolute atomic E-state index is 14.8. The smallest absolute Gasteiger partial charge is 0.215 e. The van der Waals surface area contributed by atoms with E-state index in [-0.39, 0.29) is 23.2 Å². The molecule has 180 valence electrons. The van der Waals surface area contributed by atoms with Crippen LogP contribution in [0, 0.1) is 16.4 Å². The summed E-state index contributed by atoms with van der Waals surface area (Å²) in [7, 11) is -2.80. The standard InChI is InChI=1S/C24H26F2N4O3S/c1-15-5-3-4-8-32-21-11-17(25)6-7-18(21)19-12-22(28-13-20(19)26)29-23-9-16(14-34(2,27)31)10-24(30-23)33-15/h6-7,9-13,15,27H,3-5,8,14H2,1-2H3,(H,28,29,30)/t15-,34-/m0/s1. The number of fused-ring (bicyclic) bond motifs is 6. The molecular weight excluding hydrogens is 462 g/mol. The van der Waals surface area contributed by atoms with Crippen molar-refractivity contribution in [3.63, 3.8) is 0 Å². The van der Waals surface area contributed by atoms with E-state index in [4.69, 9.17) is 14.3 Å². The third-order valence-electron chi connectivity index (χ3n) is 5.23. The molecule has 0 saturated carbocycles. The zero-order chi connectivity index (χ0) is 24.3. The molecule has 3 aromatic rings. The van der Waals surface area contributed by atoms with Crippen LogP contribution in [0.25, 0.3) is 11.1 Å². The van der Waals surface area contributed by atoms with E-state index in [1.54, 1.807) is 12.1 Å². The van der Waals surface area contributed by atoms with Gasteiger partial charge in [-0.25, -0.2) is 18.0 Å². The van der Waals surface area contributed by atoms with E-state index in [9.17, 15) is 13.0 Å². The fourth-order valence-corrected chi connectivity index (χ4v) is 4.55. The molecule has 0 spiro atoms. The van der Waals surface area contributed by atoms with Gasteiger partial charge in [0.15, 0.2) is 0 Å². The fraction of sp³-hybridized carbons (Fsp3) is 0.333. The van der Waals surface area contributed by atoms with Gasteiger partial charge in [-0.2, -0.15) is 4.98 Å². The first kappa shape index (κ1) is 23.9. The van der Waals surface area contributed by atoms with Crippen molar-refractivity contribution < 1.29 is 22.5 Å². The molecule has 0 radical (unpaired) electrons. The zero-order valence-electron chi connectivity index (χ0n) is 18.9. The molecule has 0 aliphatic carbocycles. The van der Waals surface area contributed by atoms with Gasteiger partial charge in [0.2, 0.25) is 5.88 Å². The third-order valence-corrected chi connectivity index (χ3v) is 6.12. The summed E-state index contributed by atoms with van der Waals surface area (Å²) < 4.78 is 60.4. The molecule has 4 rings (SSSR count). The summed E-state index contributed by atoms with van der Waals surface area (Å²) in [5, 5.41) is 3.04. The second-order valence-corrected chi connectivity index (χ2v) is 10.7. The Labute approximate surface area is 197 Å². The highest BCUT2D eigenvalue weighted by Gasteiger charge is 2.16. The lowest BCUT2D eigenvalue weighted by Gasteiger charge is -2.18. The fourth-order valence-electron chi connectivity index (χ4n) is 3.75. The van der Waals surface area contributed by atoms with Crippen molar-refractivity contribution in [3.8, 4) is 22.8 Å². The lowest BCUT2D eigenvalue weighted by Crippen LogP contribution is -2.14. The number of nitrogens with zero attached hydrogens (tertiary/aromatic N) is 2. The number of aromatic nitrogens is 2. The van der Waals surface area contributed by atoms with Crippen LogP contribution in [0.4, 0.5) is 20.4 Å². The molecule has 1 aliphatic heterocycles. The summed E-state index contributed by atoms with van der Waals surface area (Å²) >= 11 is 0. The summed E-state index contributed by atoms with van der Waals surface area (Å²) in [5.74, 6) is 0.223. The quantitative estimate of drug-likeness (QED) is 0.482. The van der Waals surface area contributed by atoms with Crippen molar-refractivity contribution >= 4 is 21.4 Å².